The van der Waals surface area contributed by atoms with Crippen LogP contribution in [-0.4, -0.2) is 18.0 Å². The monoisotopic (exact) mass is 164 g/mol. The molecule has 12 heavy (non-hydrogen) atoms. The minimum Gasteiger partial charge on any atom is -0.281 e. The van der Waals surface area contributed by atoms with Gasteiger partial charge in [-0.25, -0.2) is 0 Å². The Morgan fingerprint density at radius 1 is 1.25 bits per heavy atom. The predicted octanol–water partition coefficient (Wildman–Crippen LogP) is 2.62. The Labute approximate surface area is 74.4 Å². The highest BCUT2D eigenvalue weighted by atomic mass is 14.9. The van der Waals surface area contributed by atoms with Crippen molar-refractivity contribution in [2.45, 2.75) is 33.2 Å². The first kappa shape index (κ1) is 10.9. The van der Waals surface area contributed by atoms with Gasteiger partial charge in [0, 0.05) is 12.4 Å². The molecule has 0 radical (unpaired) electrons. The molecule has 0 aliphatic carbocycles. The van der Waals surface area contributed by atoms with E-state index in [2.05, 4.69) is 15.7 Å². The molecule has 0 aromatic rings. The molecule has 1 aliphatic rings. The van der Waals surface area contributed by atoms with E-state index in [9.17, 15) is 0 Å². The number of hydrogen-bond acceptors (Lipinski definition) is 2. The van der Waals surface area contributed by atoms with Crippen LogP contribution in [-0.2, 0) is 0 Å². The quantitative estimate of drug-likeness (QED) is 0.492. The summed E-state index contributed by atoms with van der Waals surface area (Å²) in [6, 6.07) is 0. The lowest BCUT2D eigenvalue weighted by Gasteiger charge is -2.11. The molecule has 0 bridgehead atoms. The maximum absolute atomic E-state index is 4.20. The van der Waals surface area contributed by atoms with Gasteiger partial charge in [0.1, 0.15) is 0 Å². The second kappa shape index (κ2) is 5.50. The summed E-state index contributed by atoms with van der Waals surface area (Å²) in [7, 11) is 0. The van der Waals surface area contributed by atoms with E-state index in [0.717, 1.165) is 0 Å². The molecular weight excluding hydrogens is 148 g/mol. The molecule has 1 heterocycles. The second-order valence-corrected chi connectivity index (χ2v) is 2.67. The fourth-order valence-electron chi connectivity index (χ4n) is 0.611. The van der Waals surface area contributed by atoms with E-state index in [1.54, 1.807) is 24.7 Å². The summed E-state index contributed by atoms with van der Waals surface area (Å²) in [5.41, 5.74) is 2.66. The zero-order valence-electron chi connectivity index (χ0n) is 8.20. The highest BCUT2D eigenvalue weighted by molar-refractivity contribution is 5.78. The summed E-state index contributed by atoms with van der Waals surface area (Å²) in [5, 5.41) is 0. The molecular formula is C10H16N2. The van der Waals surface area contributed by atoms with Crippen LogP contribution in [0.15, 0.2) is 28.0 Å². The zero-order chi connectivity index (χ0) is 9.45. The lowest BCUT2D eigenvalue weighted by Crippen LogP contribution is -2.18. The number of allylic oxidation sites excluding steroid dienone is 1. The second-order valence-electron chi connectivity index (χ2n) is 2.67. The summed E-state index contributed by atoms with van der Waals surface area (Å²) < 4.78 is 0. The Kier molecular flexibility index (Phi) is 4.98. The molecule has 66 valence electrons. The molecule has 0 aromatic heterocycles. The smallest absolute Gasteiger partial charge is 0.0901 e. The van der Waals surface area contributed by atoms with Crippen LogP contribution < -0.4 is 0 Å². The Bertz CT molecular complexity index is 208. The molecule has 0 unspecified atom stereocenters. The fraction of sp³-hybridized carbons (Fsp3) is 0.500. The van der Waals surface area contributed by atoms with Crippen molar-refractivity contribution in [2.75, 3.05) is 0 Å². The normalized spacial score (nSPS) is 17.7. The summed E-state index contributed by atoms with van der Waals surface area (Å²) in [6.07, 6.45) is 6.91. The number of hydrogen-bond donors (Lipinski definition) is 0. The van der Waals surface area contributed by atoms with Gasteiger partial charge in [0.05, 0.1) is 11.7 Å². The molecule has 0 aromatic carbocycles. The molecule has 0 spiro atoms. The molecule has 0 atom stereocenters. The van der Waals surface area contributed by atoms with Crippen LogP contribution in [0.4, 0.5) is 0 Å². The zero-order valence-corrected chi connectivity index (χ0v) is 8.20. The molecule has 0 fully saturated rings. The van der Waals surface area contributed by atoms with Crippen molar-refractivity contribution in [2.24, 2.45) is 9.98 Å². The highest BCUT2D eigenvalue weighted by Gasteiger charge is 2.09. The van der Waals surface area contributed by atoms with Crippen molar-refractivity contribution in [3.63, 3.8) is 0 Å². The molecule has 2 heteroatoms. The van der Waals surface area contributed by atoms with Crippen molar-refractivity contribution in [1.29, 1.82) is 0 Å². The van der Waals surface area contributed by atoms with E-state index >= 15 is 0 Å². The maximum atomic E-state index is 4.20. The highest BCUT2D eigenvalue weighted by Crippen LogP contribution is 2.04. The van der Waals surface area contributed by atoms with Crippen LogP contribution in [0.3, 0.4) is 0 Å². The molecule has 0 amide bonds. The van der Waals surface area contributed by atoms with Crippen molar-refractivity contribution < 1.29 is 0 Å². The topological polar surface area (TPSA) is 24.7 Å². The number of rotatable bonds is 0. The van der Waals surface area contributed by atoms with Gasteiger partial charge >= 0.3 is 0 Å². The van der Waals surface area contributed by atoms with Crippen molar-refractivity contribution in [3.05, 3.63) is 18.0 Å². The molecule has 0 saturated heterocycles. The SMILES string of the molecule is CC.CC1(C)C=NC=C=CC=N1. The van der Waals surface area contributed by atoms with Gasteiger partial charge in [-0.1, -0.05) is 19.6 Å². The van der Waals surface area contributed by atoms with Gasteiger partial charge in [-0.2, -0.15) is 0 Å². The van der Waals surface area contributed by atoms with Crippen LogP contribution in [0.5, 0.6) is 0 Å². The molecule has 1 aliphatic heterocycles. The molecule has 0 N–H and O–H groups in total. The number of nitrogens with zero attached hydrogens (tertiary/aromatic N) is 2. The van der Waals surface area contributed by atoms with Gasteiger partial charge in [0.15, 0.2) is 0 Å². The van der Waals surface area contributed by atoms with E-state index in [4.69, 9.17) is 0 Å². The van der Waals surface area contributed by atoms with Gasteiger partial charge in [-0.3, -0.25) is 9.98 Å². The Morgan fingerprint density at radius 3 is 2.58 bits per heavy atom. The largest absolute Gasteiger partial charge is 0.281 e. The lowest BCUT2D eigenvalue weighted by atomic mass is 10.1. The summed E-state index contributed by atoms with van der Waals surface area (Å²) in [4.78, 5) is 8.18. The lowest BCUT2D eigenvalue weighted by molar-refractivity contribution is 0.721. The van der Waals surface area contributed by atoms with Gasteiger partial charge in [0.25, 0.3) is 0 Å². The average molecular weight is 164 g/mol. The first-order valence-corrected chi connectivity index (χ1v) is 4.20. The van der Waals surface area contributed by atoms with E-state index < -0.39 is 0 Å². The average Bonchev–Trinajstić information content (AvgIpc) is 2.03. The molecule has 2 nitrogen and oxygen atoms in total. The van der Waals surface area contributed by atoms with Crippen LogP contribution in [0.25, 0.3) is 0 Å². The van der Waals surface area contributed by atoms with Crippen LogP contribution in [0, 0.1) is 0 Å². The van der Waals surface area contributed by atoms with Gasteiger partial charge in [-0.05, 0) is 19.9 Å². The van der Waals surface area contributed by atoms with E-state index in [0.29, 0.717) is 0 Å². The van der Waals surface area contributed by atoms with E-state index in [1.165, 1.54) is 0 Å². The standard InChI is InChI=1S/C8H10N2.C2H6/c1-8(2)7-9-5-3-4-6-10-8;1-2/h4-7H,1-2H3;1-2H3. The first-order chi connectivity index (χ1) is 5.71. The van der Waals surface area contributed by atoms with Crippen molar-refractivity contribution in [3.8, 4) is 0 Å². The fourth-order valence-corrected chi connectivity index (χ4v) is 0.611. The number of aliphatic imine (C=N–C) groups is 2. The Morgan fingerprint density at radius 2 is 1.92 bits per heavy atom. The van der Waals surface area contributed by atoms with Gasteiger partial charge < -0.3 is 0 Å². The van der Waals surface area contributed by atoms with E-state index in [-0.39, 0.29) is 5.54 Å². The molecule has 0 saturated carbocycles. The molecule has 1 rings (SSSR count). The van der Waals surface area contributed by atoms with Crippen LogP contribution in [0.1, 0.15) is 27.7 Å². The summed E-state index contributed by atoms with van der Waals surface area (Å²) in [6.45, 7) is 8.00. The third-order valence-electron chi connectivity index (χ3n) is 1.12. The Balaban J connectivity index is 0.000000561. The minimum absolute atomic E-state index is 0.172. The third-order valence-corrected chi connectivity index (χ3v) is 1.12. The minimum atomic E-state index is -0.172. The van der Waals surface area contributed by atoms with Gasteiger partial charge in [-0.15, -0.1) is 0 Å². The summed E-state index contributed by atoms with van der Waals surface area (Å²) >= 11 is 0. The van der Waals surface area contributed by atoms with E-state index in [1.807, 2.05) is 27.7 Å². The predicted molar refractivity (Wildman–Crippen MR) is 55.1 cm³/mol. The van der Waals surface area contributed by atoms with Crippen LogP contribution in [0.2, 0.25) is 0 Å². The first-order valence-electron chi connectivity index (χ1n) is 4.20. The van der Waals surface area contributed by atoms with Crippen molar-refractivity contribution >= 4 is 12.4 Å². The van der Waals surface area contributed by atoms with Gasteiger partial charge in [0.2, 0.25) is 0 Å². The summed E-state index contributed by atoms with van der Waals surface area (Å²) in [5.74, 6) is 0. The van der Waals surface area contributed by atoms with Crippen LogP contribution >= 0.6 is 0 Å². The van der Waals surface area contributed by atoms with Crippen molar-refractivity contribution in [1.82, 2.24) is 0 Å². The maximum Gasteiger partial charge on any atom is 0.0901 e. The third kappa shape index (κ3) is 4.64. The Hall–Kier alpha value is -1.14.